The third-order valence-corrected chi connectivity index (χ3v) is 7.06. The van der Waals surface area contributed by atoms with Crippen LogP contribution in [0.4, 0.5) is 22.0 Å². The number of hydrogen-bond acceptors (Lipinski definition) is 3. The van der Waals surface area contributed by atoms with Crippen molar-refractivity contribution in [2.24, 2.45) is 10.9 Å². The molecule has 0 spiro atoms. The van der Waals surface area contributed by atoms with E-state index in [1.807, 2.05) is 46.9 Å². The predicted molar refractivity (Wildman–Crippen MR) is 131 cm³/mol. The number of amides is 1. The Labute approximate surface area is 213 Å². The van der Waals surface area contributed by atoms with Gasteiger partial charge >= 0.3 is 6.18 Å². The number of guanidine groups is 1. The Hall–Kier alpha value is -3.05. The lowest BCUT2D eigenvalue weighted by Gasteiger charge is -2.36. The molecule has 3 rings (SSSR count). The van der Waals surface area contributed by atoms with Crippen LogP contribution in [0, 0.1) is 17.6 Å². The lowest BCUT2D eigenvalue weighted by atomic mass is 10.0. The van der Waals surface area contributed by atoms with Crippen molar-refractivity contribution in [1.29, 1.82) is 0 Å². The summed E-state index contributed by atoms with van der Waals surface area (Å²) in [6.45, 7) is 5.90. The summed E-state index contributed by atoms with van der Waals surface area (Å²) in [4.78, 5) is 17.6. The van der Waals surface area contributed by atoms with E-state index in [1.54, 1.807) is 0 Å². The fourth-order valence-electron chi connectivity index (χ4n) is 4.21. The largest absolute Gasteiger partial charge is 0.416 e. The first kappa shape index (κ1) is 28.5. The summed E-state index contributed by atoms with van der Waals surface area (Å²) in [6.07, 6.45) is -4.57. The quantitative estimate of drug-likeness (QED) is 0.247. The number of quaternary nitrogens is 1. The molecule has 2 N–H and O–H groups in total. The third-order valence-electron chi connectivity index (χ3n) is 7.06. The molecule has 0 radical (unpaired) electrons. The minimum Gasteiger partial charge on any atom is -0.353 e. The normalized spacial score (nSPS) is 21.2. The average Bonchev–Trinajstić information content (AvgIpc) is 3.01. The zero-order chi connectivity index (χ0) is 27.7. The van der Waals surface area contributed by atoms with Gasteiger partial charge in [-0.3, -0.25) is 10.1 Å². The molecule has 1 heterocycles. The van der Waals surface area contributed by atoms with Gasteiger partial charge in [0.05, 0.1) is 19.7 Å². The maximum absolute atomic E-state index is 13.9. The molecular formula is C26H33F5N5O+. The van der Waals surface area contributed by atoms with Crippen LogP contribution in [0.2, 0.25) is 0 Å². The van der Waals surface area contributed by atoms with Gasteiger partial charge in [0.1, 0.15) is 17.7 Å². The molecule has 1 aliphatic heterocycles. The zero-order valence-electron chi connectivity index (χ0n) is 21.7. The third kappa shape index (κ3) is 6.64. The Morgan fingerprint density at radius 1 is 1.05 bits per heavy atom. The Kier molecular flexibility index (Phi) is 8.28. The zero-order valence-corrected chi connectivity index (χ0v) is 21.7. The molecule has 3 atom stereocenters. The summed E-state index contributed by atoms with van der Waals surface area (Å²) < 4.78 is 66.8. The van der Waals surface area contributed by atoms with Gasteiger partial charge in [0.15, 0.2) is 12.1 Å². The minimum absolute atomic E-state index is 0.0451. The topological polar surface area (TPSA) is 56.7 Å². The van der Waals surface area contributed by atoms with Crippen molar-refractivity contribution in [1.82, 2.24) is 15.6 Å². The second-order valence-corrected chi connectivity index (χ2v) is 10.2. The number of nitrogens with zero attached hydrogens (tertiary/aromatic N) is 3. The van der Waals surface area contributed by atoms with E-state index in [2.05, 4.69) is 10.6 Å². The number of halogens is 5. The van der Waals surface area contributed by atoms with Gasteiger partial charge in [0.25, 0.3) is 5.91 Å². The smallest absolute Gasteiger partial charge is 0.353 e. The molecule has 2 aromatic rings. The molecule has 11 heteroatoms. The van der Waals surface area contributed by atoms with Crippen LogP contribution in [0.3, 0.4) is 0 Å². The van der Waals surface area contributed by atoms with Gasteiger partial charge in [-0.2, -0.15) is 13.2 Å². The van der Waals surface area contributed by atoms with E-state index in [-0.39, 0.29) is 34.1 Å². The number of aliphatic imine (C=N–C) groups is 1. The SMILES string of the molecule is CC(C)C(C)NC(=NC1CC(c2cc(F)cc(F)c2)[N+](C)(C)N1C)NC(=O)c1ccc(C(F)(F)F)cc1. The first-order valence-electron chi connectivity index (χ1n) is 12.0. The summed E-state index contributed by atoms with van der Waals surface area (Å²) >= 11 is 0. The molecule has 0 aliphatic carbocycles. The van der Waals surface area contributed by atoms with Crippen molar-refractivity contribution in [2.45, 2.75) is 51.6 Å². The summed E-state index contributed by atoms with van der Waals surface area (Å²) in [7, 11) is 5.62. The highest BCUT2D eigenvalue weighted by molar-refractivity contribution is 6.05. The molecule has 1 saturated heterocycles. The lowest BCUT2D eigenvalue weighted by Crippen LogP contribution is -2.52. The van der Waals surface area contributed by atoms with Crippen molar-refractivity contribution in [2.75, 3.05) is 21.1 Å². The van der Waals surface area contributed by atoms with E-state index in [4.69, 9.17) is 4.99 Å². The number of alkyl halides is 3. The Morgan fingerprint density at radius 3 is 2.14 bits per heavy atom. The van der Waals surface area contributed by atoms with Gasteiger partial charge in [-0.1, -0.05) is 13.8 Å². The van der Waals surface area contributed by atoms with Crippen LogP contribution in [-0.4, -0.2) is 54.8 Å². The molecular weight excluding hydrogens is 493 g/mol. The first-order chi connectivity index (χ1) is 17.1. The van der Waals surface area contributed by atoms with Crippen LogP contribution >= 0.6 is 0 Å². The van der Waals surface area contributed by atoms with Gasteiger partial charge in [0, 0.05) is 36.7 Å². The fourth-order valence-corrected chi connectivity index (χ4v) is 4.21. The Morgan fingerprint density at radius 2 is 1.62 bits per heavy atom. The maximum atomic E-state index is 13.9. The summed E-state index contributed by atoms with van der Waals surface area (Å²) in [5.41, 5.74) is -0.313. The number of benzene rings is 2. The summed E-state index contributed by atoms with van der Waals surface area (Å²) in [5, 5.41) is 7.79. The van der Waals surface area contributed by atoms with Crippen LogP contribution in [-0.2, 0) is 6.18 Å². The highest BCUT2D eigenvalue weighted by atomic mass is 19.4. The standard InChI is InChI=1S/C26H32F5N5O/c1-15(2)16(3)32-25(34-24(37)17-7-9-19(10-8-17)26(29,30)31)33-23-14-22(36(5,6)35(23)4)18-11-20(27)13-21(28)12-18/h7-13,15-16,22-23H,14H2,1-6H3,(H-,32,33,34,37)/p+1. The lowest BCUT2D eigenvalue weighted by molar-refractivity contribution is -1.01. The molecule has 0 aromatic heterocycles. The van der Waals surface area contributed by atoms with Crippen LogP contribution in [0.25, 0.3) is 0 Å². The first-order valence-corrected chi connectivity index (χ1v) is 12.0. The number of nitrogens with one attached hydrogen (secondary N) is 2. The number of hydrogen-bond donors (Lipinski definition) is 2. The van der Waals surface area contributed by atoms with E-state index in [0.29, 0.717) is 12.0 Å². The van der Waals surface area contributed by atoms with Gasteiger partial charge in [-0.05, 0) is 49.2 Å². The van der Waals surface area contributed by atoms with Gasteiger partial charge in [-0.25, -0.2) is 18.4 Å². The van der Waals surface area contributed by atoms with Crippen molar-refractivity contribution >= 4 is 11.9 Å². The van der Waals surface area contributed by atoms with E-state index >= 15 is 0 Å². The van der Waals surface area contributed by atoms with Crippen LogP contribution in [0.15, 0.2) is 47.5 Å². The second kappa shape index (κ2) is 10.7. The maximum Gasteiger partial charge on any atom is 0.416 e. The molecule has 37 heavy (non-hydrogen) atoms. The van der Waals surface area contributed by atoms with E-state index in [0.717, 1.165) is 30.3 Å². The molecule has 1 amide bonds. The van der Waals surface area contributed by atoms with E-state index in [9.17, 15) is 26.7 Å². The van der Waals surface area contributed by atoms with Crippen molar-refractivity contribution in [3.8, 4) is 0 Å². The molecule has 0 saturated carbocycles. The molecule has 3 unspecified atom stereocenters. The monoisotopic (exact) mass is 526 g/mol. The van der Waals surface area contributed by atoms with Crippen molar-refractivity contribution in [3.05, 3.63) is 70.8 Å². The Balaban J connectivity index is 1.89. The average molecular weight is 527 g/mol. The van der Waals surface area contributed by atoms with Crippen LogP contribution in [0.5, 0.6) is 0 Å². The van der Waals surface area contributed by atoms with Crippen molar-refractivity contribution in [3.63, 3.8) is 0 Å². The van der Waals surface area contributed by atoms with E-state index in [1.165, 1.54) is 12.1 Å². The Bertz CT molecular complexity index is 1130. The number of rotatable bonds is 5. The summed E-state index contributed by atoms with van der Waals surface area (Å²) in [5.74, 6) is -1.60. The number of carbonyl (C=O) groups excluding carboxylic acids is 1. The van der Waals surface area contributed by atoms with Crippen LogP contribution in [0.1, 0.15) is 54.7 Å². The van der Waals surface area contributed by atoms with Crippen molar-refractivity contribution < 1.29 is 31.3 Å². The second-order valence-electron chi connectivity index (χ2n) is 10.2. The predicted octanol–water partition coefficient (Wildman–Crippen LogP) is 5.10. The fraction of sp³-hybridized carbons (Fsp3) is 0.462. The highest BCUT2D eigenvalue weighted by Gasteiger charge is 2.47. The molecule has 1 fully saturated rings. The van der Waals surface area contributed by atoms with E-state index < -0.39 is 35.4 Å². The van der Waals surface area contributed by atoms with Gasteiger partial charge < -0.3 is 5.32 Å². The molecule has 2 aromatic carbocycles. The highest BCUT2D eigenvalue weighted by Crippen LogP contribution is 2.40. The van der Waals surface area contributed by atoms with Gasteiger partial charge in [-0.15, -0.1) is 5.01 Å². The molecule has 1 aliphatic rings. The molecule has 0 bridgehead atoms. The summed E-state index contributed by atoms with van der Waals surface area (Å²) in [6, 6.07) is 6.96. The minimum atomic E-state index is -4.50. The number of carbonyl (C=O) groups is 1. The van der Waals surface area contributed by atoms with Gasteiger partial charge in [0.2, 0.25) is 0 Å². The van der Waals surface area contributed by atoms with Crippen LogP contribution < -0.4 is 10.6 Å². The molecule has 6 nitrogen and oxygen atoms in total. The molecule has 202 valence electrons.